The Bertz CT molecular complexity index is 845. The van der Waals surface area contributed by atoms with Crippen LogP contribution in [0.3, 0.4) is 0 Å². The van der Waals surface area contributed by atoms with Gasteiger partial charge in [-0.3, -0.25) is 9.59 Å². The number of amides is 2. The van der Waals surface area contributed by atoms with Gasteiger partial charge in [0, 0.05) is 31.6 Å². The topological polar surface area (TPSA) is 58.6 Å². The summed E-state index contributed by atoms with van der Waals surface area (Å²) in [5.41, 5.74) is 4.16. The third-order valence-corrected chi connectivity index (χ3v) is 5.04. The molecule has 1 N–H and O–H groups in total. The standard InChI is InChI=1S/C21H22N2O3/c1-14-2-4-15(5-3-14)12-23-13-17(11-20(23)24)21(25)22-18-6-7-19-16(10-18)8-9-26-19/h2-7,10,17H,8-9,11-13H2,1H3,(H,22,25). The zero-order valence-corrected chi connectivity index (χ0v) is 14.8. The van der Waals surface area contributed by atoms with Crippen LogP contribution in [0.2, 0.25) is 0 Å². The Kier molecular flexibility index (Phi) is 4.37. The molecule has 1 saturated heterocycles. The highest BCUT2D eigenvalue weighted by Gasteiger charge is 2.34. The number of carbonyl (C=O) groups is 2. The van der Waals surface area contributed by atoms with Crippen LogP contribution in [0.5, 0.6) is 5.75 Å². The number of ether oxygens (including phenoxy) is 1. The molecule has 0 aliphatic carbocycles. The van der Waals surface area contributed by atoms with E-state index < -0.39 is 0 Å². The van der Waals surface area contributed by atoms with Crippen LogP contribution in [-0.4, -0.2) is 29.9 Å². The van der Waals surface area contributed by atoms with Gasteiger partial charge in [0.25, 0.3) is 0 Å². The molecule has 1 fully saturated rings. The minimum atomic E-state index is -0.308. The molecule has 2 amide bonds. The van der Waals surface area contributed by atoms with Gasteiger partial charge in [0.2, 0.25) is 11.8 Å². The van der Waals surface area contributed by atoms with E-state index in [4.69, 9.17) is 4.74 Å². The minimum absolute atomic E-state index is 0.0353. The Morgan fingerprint density at radius 2 is 2.04 bits per heavy atom. The third-order valence-electron chi connectivity index (χ3n) is 5.04. The maximum Gasteiger partial charge on any atom is 0.229 e. The second kappa shape index (κ2) is 6.83. The first-order valence-electron chi connectivity index (χ1n) is 8.98. The Labute approximate surface area is 153 Å². The fourth-order valence-corrected chi connectivity index (χ4v) is 3.52. The van der Waals surface area contributed by atoms with Crippen molar-refractivity contribution in [2.24, 2.45) is 5.92 Å². The quantitative estimate of drug-likeness (QED) is 0.922. The molecule has 4 rings (SSSR count). The van der Waals surface area contributed by atoms with Gasteiger partial charge in [-0.05, 0) is 36.2 Å². The largest absolute Gasteiger partial charge is 0.493 e. The number of nitrogens with zero attached hydrogens (tertiary/aromatic N) is 1. The first-order valence-corrected chi connectivity index (χ1v) is 8.98. The highest BCUT2D eigenvalue weighted by Crippen LogP contribution is 2.29. The van der Waals surface area contributed by atoms with Gasteiger partial charge in [0.1, 0.15) is 5.75 Å². The van der Waals surface area contributed by atoms with Crippen LogP contribution in [0.15, 0.2) is 42.5 Å². The molecule has 0 spiro atoms. The van der Waals surface area contributed by atoms with Crippen LogP contribution >= 0.6 is 0 Å². The summed E-state index contributed by atoms with van der Waals surface area (Å²) in [5.74, 6) is 0.525. The molecule has 0 aromatic heterocycles. The maximum atomic E-state index is 12.6. The number of aryl methyl sites for hydroxylation is 1. The predicted molar refractivity (Wildman–Crippen MR) is 99.0 cm³/mol. The van der Waals surface area contributed by atoms with Crippen molar-refractivity contribution in [3.05, 3.63) is 59.2 Å². The summed E-state index contributed by atoms with van der Waals surface area (Å²) in [5, 5.41) is 2.95. The fourth-order valence-electron chi connectivity index (χ4n) is 3.52. The first kappa shape index (κ1) is 16.6. The van der Waals surface area contributed by atoms with Crippen molar-refractivity contribution in [3.8, 4) is 5.75 Å². The minimum Gasteiger partial charge on any atom is -0.493 e. The van der Waals surface area contributed by atoms with Gasteiger partial charge in [0.05, 0.1) is 12.5 Å². The molecule has 2 aromatic carbocycles. The van der Waals surface area contributed by atoms with Crippen molar-refractivity contribution >= 4 is 17.5 Å². The van der Waals surface area contributed by atoms with E-state index in [2.05, 4.69) is 5.32 Å². The van der Waals surface area contributed by atoms with E-state index in [1.807, 2.05) is 49.4 Å². The summed E-state index contributed by atoms with van der Waals surface area (Å²) < 4.78 is 5.49. The number of nitrogens with one attached hydrogen (secondary N) is 1. The van der Waals surface area contributed by atoms with Crippen molar-refractivity contribution in [2.75, 3.05) is 18.5 Å². The normalized spacial score (nSPS) is 18.6. The summed E-state index contributed by atoms with van der Waals surface area (Å²) in [6.07, 6.45) is 1.14. The van der Waals surface area contributed by atoms with Crippen LogP contribution < -0.4 is 10.1 Å². The summed E-state index contributed by atoms with van der Waals surface area (Å²) in [6, 6.07) is 13.8. The second-order valence-electron chi connectivity index (χ2n) is 7.07. The number of hydrogen-bond acceptors (Lipinski definition) is 3. The van der Waals surface area contributed by atoms with Gasteiger partial charge in [-0.25, -0.2) is 0 Å². The lowest BCUT2D eigenvalue weighted by Crippen LogP contribution is -2.28. The van der Waals surface area contributed by atoms with Gasteiger partial charge in [-0.1, -0.05) is 29.8 Å². The molecule has 5 nitrogen and oxygen atoms in total. The molecule has 0 radical (unpaired) electrons. The van der Waals surface area contributed by atoms with E-state index in [0.29, 0.717) is 19.7 Å². The van der Waals surface area contributed by atoms with Crippen LogP contribution in [0.4, 0.5) is 5.69 Å². The summed E-state index contributed by atoms with van der Waals surface area (Å²) in [4.78, 5) is 26.6. The van der Waals surface area contributed by atoms with Crippen molar-refractivity contribution in [2.45, 2.75) is 26.3 Å². The third kappa shape index (κ3) is 3.43. The zero-order chi connectivity index (χ0) is 18.1. The van der Waals surface area contributed by atoms with Crippen LogP contribution in [0, 0.1) is 12.8 Å². The van der Waals surface area contributed by atoms with E-state index in [0.717, 1.165) is 29.0 Å². The van der Waals surface area contributed by atoms with Crippen molar-refractivity contribution in [3.63, 3.8) is 0 Å². The zero-order valence-electron chi connectivity index (χ0n) is 14.8. The number of hydrogen-bond donors (Lipinski definition) is 1. The molecule has 2 aromatic rings. The smallest absolute Gasteiger partial charge is 0.229 e. The lowest BCUT2D eigenvalue weighted by Gasteiger charge is -2.17. The van der Waals surface area contributed by atoms with Crippen LogP contribution in [0.25, 0.3) is 0 Å². The predicted octanol–water partition coefficient (Wildman–Crippen LogP) is 2.92. The van der Waals surface area contributed by atoms with Gasteiger partial charge < -0.3 is 15.0 Å². The molecule has 0 bridgehead atoms. The summed E-state index contributed by atoms with van der Waals surface area (Å²) >= 11 is 0. The van der Waals surface area contributed by atoms with E-state index >= 15 is 0 Å². The summed E-state index contributed by atoms with van der Waals surface area (Å²) in [6.45, 7) is 3.75. The van der Waals surface area contributed by atoms with Crippen molar-refractivity contribution < 1.29 is 14.3 Å². The Morgan fingerprint density at radius 1 is 1.23 bits per heavy atom. The highest BCUT2D eigenvalue weighted by molar-refractivity contribution is 5.97. The molecule has 5 heteroatoms. The number of carbonyl (C=O) groups excluding carboxylic acids is 2. The van der Waals surface area contributed by atoms with Gasteiger partial charge >= 0.3 is 0 Å². The molecule has 134 valence electrons. The molecule has 26 heavy (non-hydrogen) atoms. The maximum absolute atomic E-state index is 12.6. The number of rotatable bonds is 4. The van der Waals surface area contributed by atoms with E-state index in [1.54, 1.807) is 4.90 Å². The second-order valence-corrected chi connectivity index (χ2v) is 7.07. The van der Waals surface area contributed by atoms with E-state index in [-0.39, 0.29) is 24.2 Å². The monoisotopic (exact) mass is 350 g/mol. The van der Waals surface area contributed by atoms with Crippen molar-refractivity contribution in [1.29, 1.82) is 0 Å². The highest BCUT2D eigenvalue weighted by atomic mass is 16.5. The Morgan fingerprint density at radius 3 is 2.85 bits per heavy atom. The lowest BCUT2D eigenvalue weighted by molar-refractivity contribution is -0.128. The molecular formula is C21H22N2O3. The van der Waals surface area contributed by atoms with E-state index in [1.165, 1.54) is 5.56 Å². The number of likely N-dealkylation sites (tertiary alicyclic amines) is 1. The number of fused-ring (bicyclic) bond motifs is 1. The van der Waals surface area contributed by atoms with Gasteiger partial charge in [0.15, 0.2) is 0 Å². The molecule has 2 aliphatic rings. The fraction of sp³-hybridized carbons (Fsp3) is 0.333. The summed E-state index contributed by atoms with van der Waals surface area (Å²) in [7, 11) is 0. The average Bonchev–Trinajstić information content (AvgIpc) is 3.23. The molecule has 1 unspecified atom stereocenters. The molecule has 2 heterocycles. The lowest BCUT2D eigenvalue weighted by atomic mass is 10.1. The number of benzene rings is 2. The molecule has 2 aliphatic heterocycles. The van der Waals surface area contributed by atoms with E-state index in [9.17, 15) is 9.59 Å². The van der Waals surface area contributed by atoms with Gasteiger partial charge in [-0.2, -0.15) is 0 Å². The van der Waals surface area contributed by atoms with Gasteiger partial charge in [-0.15, -0.1) is 0 Å². The SMILES string of the molecule is Cc1ccc(CN2CC(C(=O)Nc3ccc4c(c3)CCO4)CC2=O)cc1. The Balaban J connectivity index is 1.38. The molecule has 1 atom stereocenters. The molecule has 0 saturated carbocycles. The molecular weight excluding hydrogens is 328 g/mol. The van der Waals surface area contributed by atoms with Crippen molar-refractivity contribution in [1.82, 2.24) is 4.90 Å². The van der Waals surface area contributed by atoms with Crippen LogP contribution in [-0.2, 0) is 22.6 Å². The average molecular weight is 350 g/mol. The number of anilines is 1. The first-order chi connectivity index (χ1) is 12.6. The Hall–Kier alpha value is -2.82. The van der Waals surface area contributed by atoms with Crippen LogP contribution in [0.1, 0.15) is 23.1 Å².